The first-order valence-corrected chi connectivity index (χ1v) is 13.6. The summed E-state index contributed by atoms with van der Waals surface area (Å²) in [6.45, 7) is 16.5. The molecule has 1 N–H and O–H groups in total. The van der Waals surface area contributed by atoms with Gasteiger partial charge in [0.15, 0.2) is 0 Å². The minimum atomic E-state index is -2.85. The predicted octanol–water partition coefficient (Wildman–Crippen LogP) is 10.0. The van der Waals surface area contributed by atoms with Crippen molar-refractivity contribution in [3.05, 3.63) is 121 Å². The minimum absolute atomic E-state index is 0.0186. The smallest absolute Gasteiger partial charge is 0.270 e. The van der Waals surface area contributed by atoms with Gasteiger partial charge in [0, 0.05) is 35.5 Å². The molecule has 202 valence electrons. The third-order valence-corrected chi connectivity index (χ3v) is 6.70. The van der Waals surface area contributed by atoms with Crippen LogP contribution in [0.3, 0.4) is 0 Å². The van der Waals surface area contributed by atoms with Crippen LogP contribution in [0.25, 0.3) is 33.4 Å². The lowest BCUT2D eigenvalue weighted by molar-refractivity contribution is 0.0175. The standard InChI is InChI=1S/C22H18F2NP.C10H13N.C2H6/c1-3-14-4-7-17-15(12-14)5-8-19-18(17)10-11-25(19)20-9-6-16(13-21(20)26)22(2,23)24;1-8(2)11-10-7-5-4-6-9(10)3;1-2/h3-13H,1,26H2,2H3;4-7,11H,1H2,2-3H3;1-2H3. The van der Waals surface area contributed by atoms with E-state index in [9.17, 15) is 8.78 Å². The number of allylic oxidation sites excluding steroid dienone is 1. The molecule has 0 aliphatic carbocycles. The molecule has 39 heavy (non-hydrogen) atoms. The molecule has 5 aromatic rings. The van der Waals surface area contributed by atoms with Crippen LogP contribution in [0.2, 0.25) is 0 Å². The summed E-state index contributed by atoms with van der Waals surface area (Å²) in [6.07, 6.45) is 3.82. The van der Waals surface area contributed by atoms with Gasteiger partial charge in [0.1, 0.15) is 0 Å². The third-order valence-electron chi connectivity index (χ3n) is 6.24. The monoisotopic (exact) mass is 542 g/mol. The Hall–Kier alpha value is -3.75. The molecule has 0 saturated heterocycles. The molecule has 2 nitrogen and oxygen atoms in total. The van der Waals surface area contributed by atoms with Gasteiger partial charge in [0.25, 0.3) is 5.92 Å². The van der Waals surface area contributed by atoms with E-state index >= 15 is 0 Å². The number of hydrogen-bond donors (Lipinski definition) is 1. The summed E-state index contributed by atoms with van der Waals surface area (Å²) in [4.78, 5) is 0. The Kier molecular flexibility index (Phi) is 9.83. The number of fused-ring (bicyclic) bond motifs is 3. The average Bonchev–Trinajstić information content (AvgIpc) is 3.34. The maximum absolute atomic E-state index is 13.6. The SMILES string of the molecule is C=C(C)Nc1ccccc1C.C=Cc1ccc2c(ccc3c2ccn3-c2ccc(C(C)(F)F)cc2P)c1.CC. The van der Waals surface area contributed by atoms with E-state index in [2.05, 4.69) is 71.0 Å². The number of aryl methyl sites for hydroxylation is 1. The van der Waals surface area contributed by atoms with Gasteiger partial charge in [0.2, 0.25) is 0 Å². The lowest BCUT2D eigenvalue weighted by Gasteiger charge is -2.15. The largest absolute Gasteiger partial charge is 0.360 e. The molecule has 0 aliphatic rings. The van der Waals surface area contributed by atoms with E-state index in [1.54, 1.807) is 6.07 Å². The number of benzene rings is 4. The molecule has 0 amide bonds. The number of para-hydroxylation sites is 1. The number of hydrogen-bond acceptors (Lipinski definition) is 1. The highest BCUT2D eigenvalue weighted by molar-refractivity contribution is 7.27. The summed E-state index contributed by atoms with van der Waals surface area (Å²) in [5.41, 5.74) is 6.38. The molecular weight excluding hydrogens is 505 g/mol. The molecule has 0 saturated carbocycles. The summed E-state index contributed by atoms with van der Waals surface area (Å²) < 4.78 is 29.2. The fourth-order valence-corrected chi connectivity index (χ4v) is 4.72. The Morgan fingerprint density at radius 1 is 0.949 bits per heavy atom. The second-order valence-electron chi connectivity index (χ2n) is 9.25. The molecule has 0 bridgehead atoms. The van der Waals surface area contributed by atoms with Crippen molar-refractivity contribution >= 4 is 48.0 Å². The molecular formula is C34H37F2N2P. The lowest BCUT2D eigenvalue weighted by Crippen LogP contribution is -2.12. The fourth-order valence-electron chi connectivity index (χ4n) is 4.30. The molecule has 0 spiro atoms. The maximum Gasteiger partial charge on any atom is 0.270 e. The van der Waals surface area contributed by atoms with Crippen LogP contribution >= 0.6 is 9.24 Å². The van der Waals surface area contributed by atoms with Gasteiger partial charge >= 0.3 is 0 Å². The van der Waals surface area contributed by atoms with Gasteiger partial charge in [-0.05, 0) is 77.4 Å². The average molecular weight is 543 g/mol. The molecule has 0 radical (unpaired) electrons. The molecule has 0 fully saturated rings. The van der Waals surface area contributed by atoms with Crippen molar-refractivity contribution in [3.63, 3.8) is 0 Å². The zero-order valence-corrected chi connectivity index (χ0v) is 24.5. The van der Waals surface area contributed by atoms with Crippen LogP contribution in [0.1, 0.15) is 44.4 Å². The molecule has 0 aliphatic heterocycles. The van der Waals surface area contributed by atoms with Crippen molar-refractivity contribution in [2.24, 2.45) is 0 Å². The van der Waals surface area contributed by atoms with Gasteiger partial charge in [0.05, 0.1) is 11.2 Å². The quantitative estimate of drug-likeness (QED) is 0.219. The van der Waals surface area contributed by atoms with E-state index in [4.69, 9.17) is 0 Å². The Bertz CT molecular complexity index is 1610. The van der Waals surface area contributed by atoms with E-state index in [1.807, 2.05) is 61.9 Å². The lowest BCUT2D eigenvalue weighted by atomic mass is 10.0. The maximum atomic E-state index is 13.6. The third kappa shape index (κ3) is 7.02. The Labute approximate surface area is 233 Å². The van der Waals surface area contributed by atoms with Gasteiger partial charge in [-0.2, -0.15) is 0 Å². The number of anilines is 1. The summed E-state index contributed by atoms with van der Waals surface area (Å²) in [7, 11) is 2.57. The normalized spacial score (nSPS) is 10.8. The van der Waals surface area contributed by atoms with Crippen molar-refractivity contribution < 1.29 is 8.78 Å². The topological polar surface area (TPSA) is 17.0 Å². The van der Waals surface area contributed by atoms with Crippen LogP contribution in [0.15, 0.2) is 104 Å². The van der Waals surface area contributed by atoms with Crippen molar-refractivity contribution in [3.8, 4) is 5.69 Å². The van der Waals surface area contributed by atoms with E-state index in [0.717, 1.165) is 56.5 Å². The molecule has 1 heterocycles. The second-order valence-corrected chi connectivity index (χ2v) is 9.87. The van der Waals surface area contributed by atoms with Crippen LogP contribution in [-0.4, -0.2) is 4.57 Å². The van der Waals surface area contributed by atoms with E-state index in [1.165, 1.54) is 17.7 Å². The number of halogens is 2. The molecule has 1 aromatic heterocycles. The van der Waals surface area contributed by atoms with Crippen LogP contribution in [0.5, 0.6) is 0 Å². The number of aromatic nitrogens is 1. The summed E-state index contributed by atoms with van der Waals surface area (Å²) in [5.74, 6) is -2.85. The van der Waals surface area contributed by atoms with Crippen LogP contribution in [-0.2, 0) is 5.92 Å². The molecule has 5 heteroatoms. The zero-order valence-electron chi connectivity index (χ0n) is 23.4. The second kappa shape index (κ2) is 12.9. The molecule has 1 atom stereocenters. The molecule has 4 aromatic carbocycles. The zero-order chi connectivity index (χ0) is 28.7. The number of nitrogens with zero attached hydrogens (tertiary/aromatic N) is 1. The molecule has 5 rings (SSSR count). The summed E-state index contributed by atoms with van der Waals surface area (Å²) >= 11 is 0. The van der Waals surface area contributed by atoms with Gasteiger partial charge in [-0.15, -0.1) is 9.24 Å². The van der Waals surface area contributed by atoms with E-state index < -0.39 is 5.92 Å². The summed E-state index contributed by atoms with van der Waals surface area (Å²) in [6, 6.07) is 25.4. The Morgan fingerprint density at radius 2 is 1.67 bits per heavy atom. The van der Waals surface area contributed by atoms with Crippen molar-refractivity contribution in [2.45, 2.75) is 40.5 Å². The van der Waals surface area contributed by atoms with Crippen molar-refractivity contribution in [2.75, 3.05) is 5.32 Å². The first-order chi connectivity index (χ1) is 18.6. The van der Waals surface area contributed by atoms with Crippen molar-refractivity contribution in [1.82, 2.24) is 4.57 Å². The number of rotatable bonds is 5. The highest BCUT2D eigenvalue weighted by Crippen LogP contribution is 2.31. The van der Waals surface area contributed by atoms with Gasteiger partial charge in [-0.3, -0.25) is 0 Å². The molecule has 1 unspecified atom stereocenters. The number of alkyl halides is 2. The van der Waals surface area contributed by atoms with Gasteiger partial charge in [-0.1, -0.05) is 75.5 Å². The first-order valence-electron chi connectivity index (χ1n) is 13.0. The first kappa shape index (κ1) is 29.8. The summed E-state index contributed by atoms with van der Waals surface area (Å²) in [5, 5.41) is 7.36. The minimum Gasteiger partial charge on any atom is -0.360 e. The van der Waals surface area contributed by atoms with E-state index in [-0.39, 0.29) is 5.56 Å². The Morgan fingerprint density at radius 3 is 2.28 bits per heavy atom. The fraction of sp³-hybridized carbons (Fsp3) is 0.176. The van der Waals surface area contributed by atoms with Crippen LogP contribution in [0.4, 0.5) is 14.5 Å². The number of nitrogens with one attached hydrogen (secondary N) is 1. The van der Waals surface area contributed by atoms with Crippen LogP contribution < -0.4 is 10.6 Å². The van der Waals surface area contributed by atoms with Gasteiger partial charge < -0.3 is 9.88 Å². The predicted molar refractivity (Wildman–Crippen MR) is 171 cm³/mol. The van der Waals surface area contributed by atoms with E-state index in [0.29, 0.717) is 0 Å². The van der Waals surface area contributed by atoms with Gasteiger partial charge in [-0.25, -0.2) is 8.78 Å². The Balaban J connectivity index is 0.000000272. The highest BCUT2D eigenvalue weighted by Gasteiger charge is 2.24. The van der Waals surface area contributed by atoms with Crippen LogP contribution in [0, 0.1) is 6.92 Å². The highest BCUT2D eigenvalue weighted by atomic mass is 31.0. The van der Waals surface area contributed by atoms with Crippen molar-refractivity contribution in [1.29, 1.82) is 0 Å².